The molecule has 0 aromatic heterocycles. The molecule has 1 aliphatic rings. The number of carboxylic acid groups (broad SMARTS) is 1. The molecule has 1 saturated heterocycles. The molecule has 1 fully saturated rings. The number of hydrogen-bond acceptors (Lipinski definition) is 5. The number of nitrogens with one attached hydrogen (secondary N) is 1. The summed E-state index contributed by atoms with van der Waals surface area (Å²) >= 11 is 6.08. The summed E-state index contributed by atoms with van der Waals surface area (Å²) in [5.41, 5.74) is 0.410. The van der Waals surface area contributed by atoms with Crippen molar-refractivity contribution in [1.82, 2.24) is 0 Å². The first kappa shape index (κ1) is 17.4. The first-order valence-electron chi connectivity index (χ1n) is 6.98. The van der Waals surface area contributed by atoms with Crippen LogP contribution in [0.15, 0.2) is 12.1 Å². The number of ether oxygens (including phenoxy) is 3. The molecule has 2 rings (SSSR count). The lowest BCUT2D eigenvalue weighted by Gasteiger charge is -2.14. The van der Waals surface area contributed by atoms with E-state index in [2.05, 4.69) is 5.32 Å². The second-order valence-corrected chi connectivity index (χ2v) is 5.69. The number of halogens is 1. The predicted molar refractivity (Wildman–Crippen MR) is 83.3 cm³/mol. The molecule has 0 saturated carbocycles. The van der Waals surface area contributed by atoms with Crippen molar-refractivity contribution in [3.05, 3.63) is 17.2 Å². The molecule has 7 nitrogen and oxygen atoms in total. The molecule has 8 heteroatoms. The molecule has 0 bridgehead atoms. The Hall–Kier alpha value is -1.99. The average Bonchev–Trinajstić information content (AvgIpc) is 2.89. The predicted octanol–water partition coefficient (Wildman–Crippen LogP) is 2.17. The highest BCUT2D eigenvalue weighted by Crippen LogP contribution is 2.38. The van der Waals surface area contributed by atoms with Gasteiger partial charge in [-0.3, -0.25) is 4.79 Å². The Morgan fingerprint density at radius 3 is 2.57 bits per heavy atom. The topological polar surface area (TPSA) is 94.1 Å². The fourth-order valence-corrected chi connectivity index (χ4v) is 2.80. The molecule has 1 amide bonds. The van der Waals surface area contributed by atoms with Crippen LogP contribution in [0.2, 0.25) is 5.02 Å². The van der Waals surface area contributed by atoms with Crippen LogP contribution in [0.4, 0.5) is 5.69 Å². The number of carboxylic acids is 1. The van der Waals surface area contributed by atoms with Crippen LogP contribution in [0, 0.1) is 5.92 Å². The normalized spacial score (nSPS) is 23.4. The van der Waals surface area contributed by atoms with E-state index in [1.165, 1.54) is 20.3 Å². The minimum atomic E-state index is -1.07. The molecule has 1 aliphatic heterocycles. The quantitative estimate of drug-likeness (QED) is 0.851. The number of carbonyl (C=O) groups is 2. The van der Waals surface area contributed by atoms with Crippen LogP contribution in [0.5, 0.6) is 11.5 Å². The smallest absolute Gasteiger partial charge is 0.333 e. The summed E-state index contributed by atoms with van der Waals surface area (Å²) in [5, 5.41) is 12.0. The van der Waals surface area contributed by atoms with Crippen LogP contribution in [-0.4, -0.2) is 43.4 Å². The van der Waals surface area contributed by atoms with E-state index >= 15 is 0 Å². The van der Waals surface area contributed by atoms with E-state index in [0.29, 0.717) is 23.6 Å². The molecule has 1 aromatic rings. The third-order valence-corrected chi connectivity index (χ3v) is 3.93. The Morgan fingerprint density at radius 1 is 1.35 bits per heavy atom. The minimum Gasteiger partial charge on any atom is -0.493 e. The fraction of sp³-hybridized carbons (Fsp3) is 0.467. The van der Waals surface area contributed by atoms with E-state index in [-0.39, 0.29) is 10.9 Å². The van der Waals surface area contributed by atoms with Crippen molar-refractivity contribution in [3.63, 3.8) is 0 Å². The Kier molecular flexibility index (Phi) is 5.33. The largest absolute Gasteiger partial charge is 0.493 e. The minimum absolute atomic E-state index is 0.239. The zero-order valence-corrected chi connectivity index (χ0v) is 13.7. The fourth-order valence-electron chi connectivity index (χ4n) is 2.51. The van der Waals surface area contributed by atoms with Crippen molar-refractivity contribution in [2.75, 3.05) is 19.5 Å². The van der Waals surface area contributed by atoms with Gasteiger partial charge >= 0.3 is 5.97 Å². The third-order valence-electron chi connectivity index (χ3n) is 3.65. The summed E-state index contributed by atoms with van der Waals surface area (Å²) in [5.74, 6) is -0.994. The van der Waals surface area contributed by atoms with Crippen LogP contribution in [-0.2, 0) is 14.3 Å². The van der Waals surface area contributed by atoms with Gasteiger partial charge in [0.15, 0.2) is 17.6 Å². The van der Waals surface area contributed by atoms with Crippen molar-refractivity contribution < 1.29 is 28.9 Å². The molecule has 0 spiro atoms. The van der Waals surface area contributed by atoms with Crippen molar-refractivity contribution in [3.8, 4) is 11.5 Å². The van der Waals surface area contributed by atoms with Crippen molar-refractivity contribution >= 4 is 29.2 Å². The maximum atomic E-state index is 12.2. The molecule has 3 atom stereocenters. The van der Waals surface area contributed by atoms with Crippen LogP contribution in [0.1, 0.15) is 13.3 Å². The van der Waals surface area contributed by atoms with E-state index in [4.69, 9.17) is 30.9 Å². The second-order valence-electron chi connectivity index (χ2n) is 5.28. The van der Waals surface area contributed by atoms with Crippen molar-refractivity contribution in [2.24, 2.45) is 5.92 Å². The molecule has 126 valence electrons. The monoisotopic (exact) mass is 343 g/mol. The van der Waals surface area contributed by atoms with Gasteiger partial charge in [-0.05, 0) is 18.4 Å². The number of methoxy groups -OCH3 is 2. The van der Waals surface area contributed by atoms with Crippen LogP contribution >= 0.6 is 11.6 Å². The number of hydrogen-bond donors (Lipinski definition) is 2. The molecule has 0 aliphatic carbocycles. The maximum Gasteiger partial charge on any atom is 0.333 e. The van der Waals surface area contributed by atoms with E-state index in [1.54, 1.807) is 13.0 Å². The number of anilines is 1. The van der Waals surface area contributed by atoms with Gasteiger partial charge in [-0.15, -0.1) is 0 Å². The molecule has 23 heavy (non-hydrogen) atoms. The number of benzene rings is 1. The lowest BCUT2D eigenvalue weighted by Crippen LogP contribution is -2.30. The van der Waals surface area contributed by atoms with Gasteiger partial charge in [-0.2, -0.15) is 0 Å². The van der Waals surface area contributed by atoms with Crippen molar-refractivity contribution in [2.45, 2.75) is 25.6 Å². The summed E-state index contributed by atoms with van der Waals surface area (Å²) in [6.45, 7) is 1.74. The average molecular weight is 344 g/mol. The van der Waals surface area contributed by atoms with Crippen LogP contribution in [0.25, 0.3) is 0 Å². The van der Waals surface area contributed by atoms with Gasteiger partial charge in [0.2, 0.25) is 0 Å². The summed E-state index contributed by atoms with van der Waals surface area (Å²) in [6.07, 6.45) is -1.46. The number of aliphatic carboxylic acids is 1. The lowest BCUT2D eigenvalue weighted by molar-refractivity contribution is -0.152. The van der Waals surface area contributed by atoms with Gasteiger partial charge in [0.05, 0.1) is 19.2 Å². The zero-order valence-electron chi connectivity index (χ0n) is 13.0. The molecule has 1 aromatic carbocycles. The second kappa shape index (κ2) is 7.06. The van der Waals surface area contributed by atoms with Gasteiger partial charge < -0.3 is 24.6 Å². The van der Waals surface area contributed by atoms with Gasteiger partial charge in [0, 0.05) is 11.8 Å². The summed E-state index contributed by atoms with van der Waals surface area (Å²) in [6, 6.07) is 3.09. The van der Waals surface area contributed by atoms with E-state index in [0.717, 1.165) is 0 Å². The highest BCUT2D eigenvalue weighted by atomic mass is 35.5. The molecule has 2 N–H and O–H groups in total. The first-order chi connectivity index (χ1) is 10.9. The Balaban J connectivity index is 2.12. The van der Waals surface area contributed by atoms with Crippen molar-refractivity contribution in [1.29, 1.82) is 0 Å². The molecule has 0 unspecified atom stereocenters. The Labute approximate surface area is 138 Å². The van der Waals surface area contributed by atoms with Gasteiger partial charge in [0.1, 0.15) is 6.10 Å². The Morgan fingerprint density at radius 2 is 2.04 bits per heavy atom. The van der Waals surface area contributed by atoms with Gasteiger partial charge in [0.25, 0.3) is 5.91 Å². The van der Waals surface area contributed by atoms with Crippen LogP contribution in [0.3, 0.4) is 0 Å². The summed E-state index contributed by atoms with van der Waals surface area (Å²) in [7, 11) is 2.92. The van der Waals surface area contributed by atoms with Gasteiger partial charge in [-0.1, -0.05) is 18.5 Å². The number of amides is 1. The molecule has 0 radical (unpaired) electrons. The maximum absolute atomic E-state index is 12.2. The standard InChI is InChI=1S/C15H18ClNO6/c1-7-4-11(23-12(7)15(19)20)14(18)17-8-5-9(16)13(22-3)10(6-8)21-2/h5-7,11-12H,4H2,1-3H3,(H,17,18)(H,19,20)/t7-,11-,12-/m0/s1. The summed E-state index contributed by atoms with van der Waals surface area (Å²) < 4.78 is 15.6. The lowest BCUT2D eigenvalue weighted by atomic mass is 10.0. The van der Waals surface area contributed by atoms with E-state index < -0.39 is 24.1 Å². The molecule has 1 heterocycles. The van der Waals surface area contributed by atoms with E-state index in [1.807, 2.05) is 0 Å². The molecular formula is C15H18ClNO6. The number of rotatable bonds is 5. The van der Waals surface area contributed by atoms with E-state index in [9.17, 15) is 9.59 Å². The van der Waals surface area contributed by atoms with Crippen LogP contribution < -0.4 is 14.8 Å². The molecular weight excluding hydrogens is 326 g/mol. The van der Waals surface area contributed by atoms with Gasteiger partial charge in [-0.25, -0.2) is 4.79 Å². The highest BCUT2D eigenvalue weighted by Gasteiger charge is 2.40. The third kappa shape index (κ3) is 3.68. The SMILES string of the molecule is COc1cc(NC(=O)[C@@H]2C[C@H](C)[C@@H](C(=O)O)O2)cc(Cl)c1OC. The zero-order chi connectivity index (χ0) is 17.1. The Bertz CT molecular complexity index is 620. The summed E-state index contributed by atoms with van der Waals surface area (Å²) in [4.78, 5) is 23.3. The first-order valence-corrected chi connectivity index (χ1v) is 7.35. The highest BCUT2D eigenvalue weighted by molar-refractivity contribution is 6.32. The number of carbonyl (C=O) groups excluding carboxylic acids is 1.